The molecule has 0 saturated carbocycles. The predicted molar refractivity (Wildman–Crippen MR) is 312 cm³/mol. The Balaban J connectivity index is 1.29. The van der Waals surface area contributed by atoms with E-state index in [2.05, 4.69) is 267 Å². The Kier molecular flexibility index (Phi) is 9.64. The van der Waals surface area contributed by atoms with Crippen LogP contribution in [-0.4, -0.2) is 15.9 Å². The summed E-state index contributed by atoms with van der Waals surface area (Å²) in [7, 11) is 0. The molecular weight excluding hydrogens is 886 g/mol. The summed E-state index contributed by atoms with van der Waals surface area (Å²) < 4.78 is 13.0. The lowest BCUT2D eigenvalue weighted by atomic mass is 9.44. The van der Waals surface area contributed by atoms with Crippen molar-refractivity contribution < 1.29 is 4.42 Å². The molecule has 0 atom stereocenters. The van der Waals surface area contributed by atoms with Crippen molar-refractivity contribution in [2.24, 2.45) is 0 Å². The monoisotopic (exact) mass is 950 g/mol. The van der Waals surface area contributed by atoms with Crippen molar-refractivity contribution in [2.45, 2.75) is 105 Å². The molecule has 0 fully saturated rings. The number of nitrogens with zero attached hydrogens (tertiary/aromatic N) is 3. The molecular formula is C68H64BN3O. The maximum absolute atomic E-state index is 7.69. The minimum absolute atomic E-state index is 0.0117. The largest absolute Gasteiger partial charge is 0.440 e. The number of benzene rings is 8. The molecule has 5 heteroatoms. The quantitative estimate of drug-likeness (QED) is 0.164. The zero-order valence-corrected chi connectivity index (χ0v) is 44.5. The van der Waals surface area contributed by atoms with E-state index in [1.807, 2.05) is 0 Å². The minimum Gasteiger partial charge on any atom is -0.440 e. The Morgan fingerprint density at radius 2 is 0.959 bits per heavy atom. The van der Waals surface area contributed by atoms with Gasteiger partial charge < -0.3 is 13.5 Å². The highest BCUT2D eigenvalue weighted by atomic mass is 16.4. The molecule has 0 N–H and O–H groups in total. The first-order chi connectivity index (χ1) is 34.8. The molecule has 2 aliphatic heterocycles. The smallest absolute Gasteiger partial charge is 0.337 e. The Labute approximate surface area is 431 Å². The predicted octanol–water partition coefficient (Wildman–Crippen LogP) is 17.4. The molecule has 73 heavy (non-hydrogen) atoms. The number of para-hydroxylation sites is 1. The van der Waals surface area contributed by atoms with Crippen LogP contribution in [-0.2, 0) is 21.7 Å². The van der Waals surface area contributed by atoms with Crippen molar-refractivity contribution in [1.29, 1.82) is 0 Å². The van der Waals surface area contributed by atoms with Crippen LogP contribution in [0.2, 0.25) is 0 Å². The molecule has 11 aromatic rings. The molecule has 0 bridgehead atoms. The SMILES string of the molecule is CC(C)(C)c1ccc(N2c3cc(C(C)(C)C)cc4c3B(c3c2oc(-c2ccccc2)c3-c2ccccc2)n2c3ccc(C(C)(C)C)cc3c3cc5c(c-4c32)c2cc(C(C)(C)C)ccc2n5-c2ccccc2)cc1. The third-order valence-electron chi connectivity index (χ3n) is 16.1. The number of aromatic nitrogens is 2. The molecule has 4 nitrogen and oxygen atoms in total. The number of anilines is 3. The van der Waals surface area contributed by atoms with E-state index < -0.39 is 0 Å². The summed E-state index contributed by atoms with van der Waals surface area (Å²) in [6, 6.07) is 64.2. The van der Waals surface area contributed by atoms with Crippen molar-refractivity contribution in [1.82, 2.24) is 9.05 Å². The van der Waals surface area contributed by atoms with E-state index in [-0.39, 0.29) is 28.5 Å². The molecule has 0 amide bonds. The fraction of sp³-hybridized carbons (Fsp3) is 0.235. The second-order valence-corrected chi connectivity index (χ2v) is 25.0. The Bertz CT molecular complexity index is 4030. The van der Waals surface area contributed by atoms with Crippen LogP contribution in [0.5, 0.6) is 0 Å². The molecule has 0 spiro atoms. The molecule has 0 unspecified atom stereocenters. The van der Waals surface area contributed by atoms with Crippen LogP contribution < -0.4 is 15.8 Å². The van der Waals surface area contributed by atoms with Gasteiger partial charge in [0.15, 0.2) is 0 Å². The molecule has 3 aromatic heterocycles. The van der Waals surface area contributed by atoms with E-state index >= 15 is 0 Å². The third kappa shape index (κ3) is 6.80. The zero-order chi connectivity index (χ0) is 50.7. The fourth-order valence-corrected chi connectivity index (χ4v) is 12.2. The highest BCUT2D eigenvalue weighted by Gasteiger charge is 2.49. The van der Waals surface area contributed by atoms with E-state index in [1.165, 1.54) is 87.9 Å². The highest BCUT2D eigenvalue weighted by Crippen LogP contribution is 2.54. The first-order valence-corrected chi connectivity index (χ1v) is 26.3. The van der Waals surface area contributed by atoms with Crippen molar-refractivity contribution in [3.8, 4) is 39.3 Å². The summed E-state index contributed by atoms with van der Waals surface area (Å²) in [6.45, 7) is 27.8. The van der Waals surface area contributed by atoms with Crippen LogP contribution in [0.15, 0.2) is 174 Å². The van der Waals surface area contributed by atoms with Gasteiger partial charge in [-0.05, 0) is 121 Å². The van der Waals surface area contributed by atoms with E-state index in [0.29, 0.717) is 0 Å². The summed E-state index contributed by atoms with van der Waals surface area (Å²) in [5.41, 5.74) is 21.6. The van der Waals surface area contributed by atoms with Crippen LogP contribution in [0.1, 0.15) is 105 Å². The Morgan fingerprint density at radius 1 is 0.411 bits per heavy atom. The van der Waals surface area contributed by atoms with Crippen LogP contribution in [0, 0.1) is 0 Å². The topological polar surface area (TPSA) is 26.2 Å². The van der Waals surface area contributed by atoms with E-state index in [0.717, 1.165) is 45.4 Å². The van der Waals surface area contributed by atoms with Gasteiger partial charge in [-0.1, -0.05) is 192 Å². The normalized spacial score (nSPS) is 13.7. The molecule has 0 saturated heterocycles. The van der Waals surface area contributed by atoms with E-state index in [4.69, 9.17) is 4.42 Å². The highest BCUT2D eigenvalue weighted by molar-refractivity contribution is 6.91. The average Bonchev–Trinajstić information content (AvgIpc) is 4.03. The number of hydrogen-bond donors (Lipinski definition) is 0. The lowest BCUT2D eigenvalue weighted by Gasteiger charge is -2.40. The van der Waals surface area contributed by atoms with Gasteiger partial charge >= 0.3 is 6.85 Å². The zero-order valence-electron chi connectivity index (χ0n) is 44.5. The van der Waals surface area contributed by atoms with Gasteiger partial charge in [0.2, 0.25) is 5.88 Å². The van der Waals surface area contributed by atoms with Gasteiger partial charge in [-0.15, -0.1) is 0 Å². The van der Waals surface area contributed by atoms with Gasteiger partial charge in [0.25, 0.3) is 0 Å². The average molecular weight is 950 g/mol. The first-order valence-electron chi connectivity index (χ1n) is 26.3. The lowest BCUT2D eigenvalue weighted by Crippen LogP contribution is -2.56. The lowest BCUT2D eigenvalue weighted by molar-refractivity contribution is 0.585. The molecule has 2 aliphatic rings. The van der Waals surface area contributed by atoms with Crippen LogP contribution in [0.3, 0.4) is 0 Å². The Hall–Kier alpha value is -7.50. The second kappa shape index (κ2) is 15.5. The number of fused-ring (bicyclic) bond motifs is 11. The molecule has 5 heterocycles. The fourth-order valence-electron chi connectivity index (χ4n) is 12.2. The van der Waals surface area contributed by atoms with E-state index in [9.17, 15) is 0 Å². The Morgan fingerprint density at radius 3 is 1.56 bits per heavy atom. The number of furan rings is 1. The molecule has 360 valence electrons. The summed E-state index contributed by atoms with van der Waals surface area (Å²) in [5, 5.41) is 5.10. The van der Waals surface area contributed by atoms with Crippen LogP contribution in [0.4, 0.5) is 17.3 Å². The van der Waals surface area contributed by atoms with Gasteiger partial charge in [-0.2, -0.15) is 0 Å². The minimum atomic E-state index is -0.242. The number of rotatable bonds is 4. The summed E-state index contributed by atoms with van der Waals surface area (Å²) >= 11 is 0. The maximum atomic E-state index is 7.69. The van der Waals surface area contributed by atoms with E-state index in [1.54, 1.807) is 0 Å². The molecule has 13 rings (SSSR count). The van der Waals surface area contributed by atoms with Gasteiger partial charge in [-0.25, -0.2) is 0 Å². The van der Waals surface area contributed by atoms with Crippen molar-refractivity contribution in [3.63, 3.8) is 0 Å². The molecule has 0 aliphatic carbocycles. The van der Waals surface area contributed by atoms with Gasteiger partial charge in [0.05, 0.1) is 11.0 Å². The van der Waals surface area contributed by atoms with Gasteiger partial charge in [0.1, 0.15) is 5.76 Å². The first kappa shape index (κ1) is 45.4. The summed E-state index contributed by atoms with van der Waals surface area (Å²) in [5.74, 6) is 1.74. The summed E-state index contributed by atoms with van der Waals surface area (Å²) in [4.78, 5) is 2.47. The van der Waals surface area contributed by atoms with Crippen molar-refractivity contribution >= 4 is 78.6 Å². The van der Waals surface area contributed by atoms with Gasteiger partial charge in [0, 0.05) is 71.8 Å². The van der Waals surface area contributed by atoms with Crippen LogP contribution >= 0.6 is 0 Å². The number of hydrogen-bond acceptors (Lipinski definition) is 2. The second-order valence-electron chi connectivity index (χ2n) is 25.0. The maximum Gasteiger partial charge on any atom is 0.337 e. The van der Waals surface area contributed by atoms with Crippen molar-refractivity contribution in [3.05, 3.63) is 192 Å². The standard InChI is InChI=1S/C68H64BN3O/c1-65(2,3)43-28-32-48(33-29-43)71-56-39-46(68(10,11)12)38-52-59-58-51-37-45(67(7,8)9)30-34-53(51)70(47-26-20-15-21-27-47)55(58)40-50-49-36-44(66(4,5)6)31-35-54(49)72(62(50)59)69(60(52)56)61-57(41-22-16-13-17-23-41)63(73-64(61)71)42-24-18-14-19-25-42/h13-40H,1-12H3. The van der Waals surface area contributed by atoms with Crippen molar-refractivity contribution in [2.75, 3.05) is 4.90 Å². The third-order valence-corrected chi connectivity index (χ3v) is 16.1. The van der Waals surface area contributed by atoms with Crippen LogP contribution in [0.25, 0.3) is 82.9 Å². The van der Waals surface area contributed by atoms with Gasteiger partial charge in [-0.3, -0.25) is 4.90 Å². The molecule has 0 radical (unpaired) electrons. The summed E-state index contributed by atoms with van der Waals surface area (Å²) in [6.07, 6.45) is 0. The molecule has 8 aromatic carbocycles.